The van der Waals surface area contributed by atoms with Crippen LogP contribution in [-0.2, 0) is 9.59 Å². The van der Waals surface area contributed by atoms with Crippen molar-refractivity contribution in [1.29, 1.82) is 0 Å². The van der Waals surface area contributed by atoms with Gasteiger partial charge in [-0.25, -0.2) is 0 Å². The van der Waals surface area contributed by atoms with E-state index >= 15 is 0 Å². The van der Waals surface area contributed by atoms with E-state index in [0.717, 1.165) is 26.2 Å². The number of hydrogen-bond acceptors (Lipinski definition) is 5. The highest BCUT2D eigenvalue weighted by molar-refractivity contribution is 5.86. The Bertz CT molecular complexity index is 329. The number of amides is 2. The fourth-order valence-electron chi connectivity index (χ4n) is 2.46. The van der Waals surface area contributed by atoms with Crippen LogP contribution in [0.1, 0.15) is 0 Å². The number of hydrogen-bond donors (Lipinski definition) is 2. The van der Waals surface area contributed by atoms with Gasteiger partial charge in [0.2, 0.25) is 11.8 Å². The number of β-amino-alcohol motifs (C(OH)–C–C–N with tert-alkyl or cyclic N) is 1. The van der Waals surface area contributed by atoms with Gasteiger partial charge in [0.15, 0.2) is 0 Å². The van der Waals surface area contributed by atoms with E-state index in [-0.39, 0.29) is 25.0 Å². The van der Waals surface area contributed by atoms with Gasteiger partial charge in [-0.15, -0.1) is 0 Å². The summed E-state index contributed by atoms with van der Waals surface area (Å²) in [7, 11) is 0. The van der Waals surface area contributed by atoms with Crippen LogP contribution in [0.4, 0.5) is 0 Å². The minimum atomic E-state index is -0.0765. The van der Waals surface area contributed by atoms with Gasteiger partial charge in [-0.1, -0.05) is 0 Å². The van der Waals surface area contributed by atoms with Crippen LogP contribution in [0.5, 0.6) is 0 Å². The number of nitrogens with one attached hydrogen (secondary N) is 1. The monoisotopic (exact) mass is 270 g/mol. The Morgan fingerprint density at radius 1 is 1.16 bits per heavy atom. The van der Waals surface area contributed by atoms with E-state index in [9.17, 15) is 9.59 Å². The van der Waals surface area contributed by atoms with E-state index < -0.39 is 0 Å². The Morgan fingerprint density at radius 3 is 2.47 bits per heavy atom. The Balaban J connectivity index is 1.72. The number of aliphatic hydroxyl groups excluding tert-OH is 1. The van der Waals surface area contributed by atoms with Crippen molar-refractivity contribution in [2.75, 3.05) is 65.5 Å². The van der Waals surface area contributed by atoms with E-state index in [1.54, 1.807) is 4.90 Å². The molecule has 0 aromatic heterocycles. The summed E-state index contributed by atoms with van der Waals surface area (Å²) in [5.41, 5.74) is 0. The Morgan fingerprint density at radius 2 is 1.84 bits per heavy atom. The van der Waals surface area contributed by atoms with Crippen molar-refractivity contribution in [3.05, 3.63) is 0 Å². The van der Waals surface area contributed by atoms with Crippen molar-refractivity contribution in [1.82, 2.24) is 20.0 Å². The van der Waals surface area contributed by atoms with Crippen LogP contribution >= 0.6 is 0 Å². The van der Waals surface area contributed by atoms with Gasteiger partial charge in [-0.2, -0.15) is 0 Å². The molecule has 0 unspecified atom stereocenters. The summed E-state index contributed by atoms with van der Waals surface area (Å²) in [6.07, 6.45) is 0. The summed E-state index contributed by atoms with van der Waals surface area (Å²) in [6, 6.07) is 0. The number of rotatable bonds is 4. The third-order valence-electron chi connectivity index (χ3n) is 3.63. The maximum Gasteiger partial charge on any atom is 0.239 e. The van der Waals surface area contributed by atoms with Crippen molar-refractivity contribution in [3.8, 4) is 0 Å². The molecule has 2 amide bonds. The van der Waals surface area contributed by atoms with E-state index in [2.05, 4.69) is 15.1 Å². The molecule has 108 valence electrons. The molecule has 2 saturated heterocycles. The zero-order valence-corrected chi connectivity index (χ0v) is 11.2. The highest BCUT2D eigenvalue weighted by atomic mass is 16.3. The second-order valence-electron chi connectivity index (χ2n) is 5.01. The van der Waals surface area contributed by atoms with Gasteiger partial charge in [0.1, 0.15) is 0 Å². The van der Waals surface area contributed by atoms with Crippen LogP contribution in [0.15, 0.2) is 0 Å². The van der Waals surface area contributed by atoms with Crippen molar-refractivity contribution in [2.24, 2.45) is 0 Å². The summed E-state index contributed by atoms with van der Waals surface area (Å²) in [5, 5.41) is 11.6. The van der Waals surface area contributed by atoms with Crippen molar-refractivity contribution in [3.63, 3.8) is 0 Å². The highest BCUT2D eigenvalue weighted by Crippen LogP contribution is 2.03. The van der Waals surface area contributed by atoms with Gasteiger partial charge < -0.3 is 15.3 Å². The van der Waals surface area contributed by atoms with Crippen LogP contribution in [-0.4, -0.2) is 97.1 Å². The molecule has 19 heavy (non-hydrogen) atoms. The molecule has 0 spiro atoms. The standard InChI is InChI=1S/C12H22N4O3/c17-8-7-14-3-5-15(6-4-14)10-12(19)16-2-1-13-11(18)9-16/h17H,1-10H2,(H,13,18). The maximum atomic E-state index is 12.1. The fraction of sp³-hybridized carbons (Fsp3) is 0.833. The van der Waals surface area contributed by atoms with E-state index in [1.165, 1.54) is 0 Å². The average molecular weight is 270 g/mol. The predicted molar refractivity (Wildman–Crippen MR) is 69.6 cm³/mol. The van der Waals surface area contributed by atoms with Gasteiger partial charge in [0, 0.05) is 45.8 Å². The number of carbonyl (C=O) groups excluding carboxylic acids is 2. The highest BCUT2D eigenvalue weighted by Gasteiger charge is 2.24. The molecule has 0 atom stereocenters. The zero-order chi connectivity index (χ0) is 13.7. The van der Waals surface area contributed by atoms with Gasteiger partial charge in [0.25, 0.3) is 0 Å². The first-order chi connectivity index (χ1) is 9.19. The average Bonchev–Trinajstić information content (AvgIpc) is 2.41. The molecule has 2 fully saturated rings. The topological polar surface area (TPSA) is 76.1 Å². The first-order valence-corrected chi connectivity index (χ1v) is 6.79. The summed E-state index contributed by atoms with van der Waals surface area (Å²) in [4.78, 5) is 29.2. The van der Waals surface area contributed by atoms with Gasteiger partial charge in [-0.3, -0.25) is 19.4 Å². The van der Waals surface area contributed by atoms with Crippen LogP contribution in [0, 0.1) is 0 Å². The van der Waals surface area contributed by atoms with Crippen LogP contribution in [0.2, 0.25) is 0 Å². The van der Waals surface area contributed by atoms with E-state index in [4.69, 9.17) is 5.11 Å². The summed E-state index contributed by atoms with van der Waals surface area (Å²) < 4.78 is 0. The Labute approximate surface area is 113 Å². The molecular weight excluding hydrogens is 248 g/mol. The molecule has 7 heteroatoms. The van der Waals surface area contributed by atoms with Gasteiger partial charge >= 0.3 is 0 Å². The molecule has 0 aromatic carbocycles. The molecular formula is C12H22N4O3. The molecule has 2 heterocycles. The minimum Gasteiger partial charge on any atom is -0.395 e. The number of nitrogens with zero attached hydrogens (tertiary/aromatic N) is 3. The summed E-state index contributed by atoms with van der Waals surface area (Å²) >= 11 is 0. The van der Waals surface area contributed by atoms with E-state index in [1.807, 2.05) is 0 Å². The number of aliphatic hydroxyl groups is 1. The molecule has 2 rings (SSSR count). The lowest BCUT2D eigenvalue weighted by Crippen LogP contribution is -2.54. The lowest BCUT2D eigenvalue weighted by atomic mass is 10.3. The summed E-state index contributed by atoms with van der Waals surface area (Å²) in [5.74, 6) is -0.0437. The van der Waals surface area contributed by atoms with Crippen LogP contribution in [0.3, 0.4) is 0 Å². The lowest BCUT2D eigenvalue weighted by molar-refractivity contribution is -0.139. The van der Waals surface area contributed by atoms with Crippen molar-refractivity contribution < 1.29 is 14.7 Å². The smallest absolute Gasteiger partial charge is 0.239 e. The molecule has 2 aliphatic rings. The largest absolute Gasteiger partial charge is 0.395 e. The molecule has 0 aromatic rings. The van der Waals surface area contributed by atoms with Gasteiger partial charge in [-0.05, 0) is 0 Å². The predicted octanol–water partition coefficient (Wildman–Crippen LogP) is -2.45. The molecule has 2 aliphatic heterocycles. The molecule has 0 radical (unpaired) electrons. The first kappa shape index (κ1) is 14.2. The second-order valence-corrected chi connectivity index (χ2v) is 5.01. The fourth-order valence-corrected chi connectivity index (χ4v) is 2.46. The quantitative estimate of drug-likeness (QED) is 0.593. The van der Waals surface area contributed by atoms with Gasteiger partial charge in [0.05, 0.1) is 19.7 Å². The van der Waals surface area contributed by atoms with Crippen molar-refractivity contribution >= 4 is 11.8 Å². The minimum absolute atomic E-state index is 0.0328. The third-order valence-corrected chi connectivity index (χ3v) is 3.63. The second kappa shape index (κ2) is 6.83. The normalized spacial score (nSPS) is 22.4. The third kappa shape index (κ3) is 4.15. The Hall–Kier alpha value is -1.18. The Kier molecular flexibility index (Phi) is 5.12. The molecule has 0 bridgehead atoms. The molecule has 7 nitrogen and oxygen atoms in total. The zero-order valence-electron chi connectivity index (χ0n) is 11.2. The molecule has 0 saturated carbocycles. The van der Waals surface area contributed by atoms with Crippen LogP contribution < -0.4 is 5.32 Å². The lowest BCUT2D eigenvalue weighted by Gasteiger charge is -2.35. The number of piperazine rings is 2. The first-order valence-electron chi connectivity index (χ1n) is 6.79. The molecule has 2 N–H and O–H groups in total. The van der Waals surface area contributed by atoms with Crippen molar-refractivity contribution in [2.45, 2.75) is 0 Å². The summed E-state index contributed by atoms with van der Waals surface area (Å²) in [6.45, 7) is 6.06. The number of carbonyl (C=O) groups is 2. The van der Waals surface area contributed by atoms with E-state index in [0.29, 0.717) is 26.2 Å². The maximum absolute atomic E-state index is 12.1. The molecule has 0 aliphatic carbocycles. The SMILES string of the molecule is O=C1CN(C(=O)CN2CCN(CCO)CC2)CCN1. The van der Waals surface area contributed by atoms with Crippen LogP contribution in [0.25, 0.3) is 0 Å².